The number of nitrogens with zero attached hydrogens (tertiary/aromatic N) is 1. The van der Waals surface area contributed by atoms with E-state index in [1.807, 2.05) is 13.0 Å². The molecule has 0 amide bonds. The third-order valence-electron chi connectivity index (χ3n) is 1.17. The van der Waals surface area contributed by atoms with Crippen LogP contribution in [-0.4, -0.2) is 10.1 Å². The molecule has 1 aromatic rings. The topological polar surface area (TPSA) is 33.1 Å². The first-order valence-electron chi connectivity index (χ1n) is 2.97. The van der Waals surface area contributed by atoms with Crippen LogP contribution in [0.5, 0.6) is 5.75 Å². The second kappa shape index (κ2) is 2.49. The van der Waals surface area contributed by atoms with Crippen LogP contribution >= 0.6 is 0 Å². The van der Waals surface area contributed by atoms with E-state index in [-0.39, 0.29) is 5.75 Å². The van der Waals surface area contributed by atoms with Gasteiger partial charge in [-0.2, -0.15) is 0 Å². The lowest BCUT2D eigenvalue weighted by molar-refractivity contribution is 0.472. The van der Waals surface area contributed by atoms with E-state index in [2.05, 4.69) is 4.98 Å². The smallest absolute Gasteiger partial charge is 0.133 e. The highest BCUT2D eigenvalue weighted by atomic mass is 16.3. The summed E-state index contributed by atoms with van der Waals surface area (Å²) in [6.45, 7) is 2.03. The van der Waals surface area contributed by atoms with Crippen molar-refractivity contribution in [3.63, 3.8) is 0 Å². The summed E-state index contributed by atoms with van der Waals surface area (Å²) < 4.78 is 0. The molecule has 0 bridgehead atoms. The molecule has 0 spiro atoms. The van der Waals surface area contributed by atoms with Crippen molar-refractivity contribution >= 4 is 0 Å². The number of aromatic hydroxyl groups is 1. The largest absolute Gasteiger partial charge is 0.506 e. The second-order valence-electron chi connectivity index (χ2n) is 1.86. The molecule has 2 nitrogen and oxygen atoms in total. The van der Waals surface area contributed by atoms with Crippen molar-refractivity contribution in [3.05, 3.63) is 24.0 Å². The first kappa shape index (κ1) is 6.08. The lowest BCUT2D eigenvalue weighted by Crippen LogP contribution is -1.82. The highest BCUT2D eigenvalue weighted by molar-refractivity contribution is 5.17. The Hall–Kier alpha value is -1.05. The Morgan fingerprint density at radius 3 is 2.78 bits per heavy atom. The summed E-state index contributed by atoms with van der Waals surface area (Å²) in [5, 5.41) is 8.79. The van der Waals surface area contributed by atoms with Crippen LogP contribution in [-0.2, 0) is 6.42 Å². The molecular weight excluding hydrogens is 114 g/mol. The van der Waals surface area contributed by atoms with Gasteiger partial charge in [-0.1, -0.05) is 6.92 Å². The monoisotopic (exact) mass is 123 g/mol. The van der Waals surface area contributed by atoms with E-state index in [0.717, 1.165) is 12.1 Å². The van der Waals surface area contributed by atoms with Crippen molar-refractivity contribution in [2.75, 3.05) is 0 Å². The first-order chi connectivity index (χ1) is 4.33. The van der Waals surface area contributed by atoms with Crippen molar-refractivity contribution in [2.45, 2.75) is 13.3 Å². The summed E-state index contributed by atoms with van der Waals surface area (Å²) in [6, 6.07) is 3.46. The van der Waals surface area contributed by atoms with Gasteiger partial charge in [-0.3, -0.25) is 4.98 Å². The minimum atomic E-state index is 0.229. The Balaban J connectivity index is 2.88. The van der Waals surface area contributed by atoms with Crippen molar-refractivity contribution < 1.29 is 5.11 Å². The fourth-order valence-corrected chi connectivity index (χ4v) is 0.626. The Kier molecular flexibility index (Phi) is 1.68. The average Bonchev–Trinajstić information content (AvgIpc) is 1.90. The standard InChI is InChI=1S/C7H9NO/c1-2-6-3-4-7(9)5-8-6/h3-5,9H,2H2,1H3. The predicted molar refractivity (Wildman–Crippen MR) is 35.3 cm³/mol. The molecule has 0 aromatic carbocycles. The predicted octanol–water partition coefficient (Wildman–Crippen LogP) is 1.35. The number of hydrogen-bond donors (Lipinski definition) is 1. The molecule has 1 aromatic heterocycles. The molecule has 0 radical (unpaired) electrons. The number of hydrogen-bond acceptors (Lipinski definition) is 2. The van der Waals surface area contributed by atoms with Crippen LogP contribution in [0, 0.1) is 0 Å². The van der Waals surface area contributed by atoms with Gasteiger partial charge in [0.2, 0.25) is 0 Å². The lowest BCUT2D eigenvalue weighted by Gasteiger charge is -1.92. The highest BCUT2D eigenvalue weighted by Crippen LogP contribution is 2.05. The van der Waals surface area contributed by atoms with Crippen LogP contribution in [0.4, 0.5) is 0 Å². The molecule has 1 rings (SSSR count). The maximum atomic E-state index is 8.79. The number of rotatable bonds is 1. The quantitative estimate of drug-likeness (QED) is 0.611. The summed E-state index contributed by atoms with van der Waals surface area (Å²) in [7, 11) is 0. The Bertz CT molecular complexity index is 181. The molecule has 48 valence electrons. The number of aromatic nitrogens is 1. The van der Waals surface area contributed by atoms with E-state index < -0.39 is 0 Å². The summed E-state index contributed by atoms with van der Waals surface area (Å²) in [4.78, 5) is 3.95. The number of pyridine rings is 1. The minimum Gasteiger partial charge on any atom is -0.506 e. The van der Waals surface area contributed by atoms with Crippen molar-refractivity contribution in [1.82, 2.24) is 4.98 Å². The SMILES string of the molecule is CCc1ccc(O)cn1. The van der Waals surface area contributed by atoms with Gasteiger partial charge in [0, 0.05) is 5.69 Å². The van der Waals surface area contributed by atoms with Crippen LogP contribution in [0.2, 0.25) is 0 Å². The van der Waals surface area contributed by atoms with Gasteiger partial charge in [0.05, 0.1) is 6.20 Å². The fraction of sp³-hybridized carbons (Fsp3) is 0.286. The number of aryl methyl sites for hydroxylation is 1. The summed E-state index contributed by atoms with van der Waals surface area (Å²) in [5.41, 5.74) is 1.01. The van der Waals surface area contributed by atoms with Gasteiger partial charge in [0.1, 0.15) is 5.75 Å². The zero-order valence-corrected chi connectivity index (χ0v) is 5.33. The van der Waals surface area contributed by atoms with E-state index in [1.165, 1.54) is 6.20 Å². The van der Waals surface area contributed by atoms with Crippen LogP contribution in [0.15, 0.2) is 18.3 Å². The fourth-order valence-electron chi connectivity index (χ4n) is 0.626. The Morgan fingerprint density at radius 1 is 1.56 bits per heavy atom. The zero-order valence-electron chi connectivity index (χ0n) is 5.33. The van der Waals surface area contributed by atoms with E-state index in [0.29, 0.717) is 0 Å². The van der Waals surface area contributed by atoms with E-state index >= 15 is 0 Å². The molecule has 0 atom stereocenters. The molecule has 0 aliphatic carbocycles. The van der Waals surface area contributed by atoms with Crippen molar-refractivity contribution in [1.29, 1.82) is 0 Å². The molecule has 0 saturated carbocycles. The first-order valence-corrected chi connectivity index (χ1v) is 2.97. The normalized spacial score (nSPS) is 9.44. The molecule has 9 heavy (non-hydrogen) atoms. The third-order valence-corrected chi connectivity index (χ3v) is 1.17. The average molecular weight is 123 g/mol. The summed E-state index contributed by atoms with van der Waals surface area (Å²) >= 11 is 0. The molecule has 0 fully saturated rings. The van der Waals surface area contributed by atoms with Gasteiger partial charge >= 0.3 is 0 Å². The minimum absolute atomic E-state index is 0.229. The summed E-state index contributed by atoms with van der Waals surface area (Å²) in [5.74, 6) is 0.229. The van der Waals surface area contributed by atoms with Gasteiger partial charge in [0.25, 0.3) is 0 Å². The highest BCUT2D eigenvalue weighted by Gasteiger charge is 1.88. The van der Waals surface area contributed by atoms with Gasteiger partial charge in [-0.15, -0.1) is 0 Å². The van der Waals surface area contributed by atoms with Crippen LogP contribution in [0.25, 0.3) is 0 Å². The van der Waals surface area contributed by atoms with Gasteiger partial charge in [0.15, 0.2) is 0 Å². The maximum Gasteiger partial charge on any atom is 0.133 e. The van der Waals surface area contributed by atoms with Gasteiger partial charge in [-0.25, -0.2) is 0 Å². The molecular formula is C7H9NO. The molecule has 1 heterocycles. The molecule has 1 N–H and O–H groups in total. The van der Waals surface area contributed by atoms with Crippen molar-refractivity contribution in [2.24, 2.45) is 0 Å². The van der Waals surface area contributed by atoms with Gasteiger partial charge < -0.3 is 5.11 Å². The Labute approximate surface area is 54.2 Å². The van der Waals surface area contributed by atoms with E-state index in [9.17, 15) is 0 Å². The summed E-state index contributed by atoms with van der Waals surface area (Å²) in [6.07, 6.45) is 2.37. The zero-order chi connectivity index (χ0) is 6.69. The third kappa shape index (κ3) is 1.42. The van der Waals surface area contributed by atoms with Crippen LogP contribution in [0.3, 0.4) is 0 Å². The molecule has 0 aliphatic heterocycles. The van der Waals surface area contributed by atoms with E-state index in [1.54, 1.807) is 6.07 Å². The molecule has 0 saturated heterocycles. The van der Waals surface area contributed by atoms with Crippen LogP contribution < -0.4 is 0 Å². The lowest BCUT2D eigenvalue weighted by atomic mass is 10.3. The molecule has 0 aliphatic rings. The maximum absolute atomic E-state index is 8.79. The van der Waals surface area contributed by atoms with Crippen LogP contribution in [0.1, 0.15) is 12.6 Å². The van der Waals surface area contributed by atoms with Gasteiger partial charge in [-0.05, 0) is 18.6 Å². The second-order valence-corrected chi connectivity index (χ2v) is 1.86. The van der Waals surface area contributed by atoms with Crippen molar-refractivity contribution in [3.8, 4) is 5.75 Å². The molecule has 0 unspecified atom stereocenters. The Morgan fingerprint density at radius 2 is 2.33 bits per heavy atom. The van der Waals surface area contributed by atoms with E-state index in [4.69, 9.17) is 5.11 Å². The molecule has 2 heteroatoms.